The number of hydrogen-bond donors (Lipinski definition) is 1. The van der Waals surface area contributed by atoms with Gasteiger partial charge in [0.25, 0.3) is 0 Å². The van der Waals surface area contributed by atoms with Crippen LogP contribution < -0.4 is 14.8 Å². The molecule has 0 fully saturated rings. The lowest BCUT2D eigenvalue weighted by Gasteiger charge is -2.35. The molecule has 1 aromatic carbocycles. The lowest BCUT2D eigenvalue weighted by Crippen LogP contribution is -2.41. The molecule has 1 atom stereocenters. The van der Waals surface area contributed by atoms with Crippen molar-refractivity contribution in [2.75, 3.05) is 26.9 Å². The van der Waals surface area contributed by atoms with Crippen molar-refractivity contribution >= 4 is 0 Å². The van der Waals surface area contributed by atoms with Crippen LogP contribution in [0.15, 0.2) is 18.2 Å². The lowest BCUT2D eigenvalue weighted by atomic mass is 9.91. The van der Waals surface area contributed by atoms with Crippen molar-refractivity contribution in [3.8, 4) is 11.5 Å². The molecule has 0 spiro atoms. The number of methoxy groups -OCH3 is 1. The van der Waals surface area contributed by atoms with Crippen molar-refractivity contribution in [1.29, 1.82) is 0 Å². The first kappa shape index (κ1) is 15.1. The molecule has 20 heavy (non-hydrogen) atoms. The van der Waals surface area contributed by atoms with Crippen LogP contribution in [-0.2, 0) is 4.74 Å². The number of nitrogens with one attached hydrogen (secondary N) is 1. The van der Waals surface area contributed by atoms with E-state index in [0.717, 1.165) is 30.0 Å². The zero-order valence-electron chi connectivity index (χ0n) is 12.9. The first-order valence-corrected chi connectivity index (χ1v) is 7.26. The van der Waals surface area contributed by atoms with E-state index in [1.807, 2.05) is 6.07 Å². The Morgan fingerprint density at radius 3 is 2.60 bits per heavy atom. The van der Waals surface area contributed by atoms with Crippen molar-refractivity contribution in [3.05, 3.63) is 23.8 Å². The summed E-state index contributed by atoms with van der Waals surface area (Å²) in [7, 11) is 1.75. The number of hydrogen-bond acceptors (Lipinski definition) is 4. The molecule has 0 bridgehead atoms. The Labute approximate surface area is 121 Å². The fraction of sp³-hybridized carbons (Fsp3) is 0.625. The molecule has 0 radical (unpaired) electrons. The Balaban J connectivity index is 2.28. The average Bonchev–Trinajstić information content (AvgIpc) is 2.47. The second kappa shape index (κ2) is 6.46. The molecule has 0 aliphatic carbocycles. The number of ether oxygens (including phenoxy) is 3. The van der Waals surface area contributed by atoms with Crippen LogP contribution >= 0.6 is 0 Å². The molecule has 1 N–H and O–H groups in total. The molecular formula is C16H25NO3. The average molecular weight is 279 g/mol. The molecule has 4 heteroatoms. The minimum atomic E-state index is -0.293. The molecular weight excluding hydrogens is 254 g/mol. The maximum atomic E-state index is 5.67. The van der Waals surface area contributed by atoms with Gasteiger partial charge in [0.15, 0.2) is 11.5 Å². The number of rotatable bonds is 6. The molecule has 0 saturated heterocycles. The molecule has 112 valence electrons. The fourth-order valence-electron chi connectivity index (χ4n) is 2.41. The van der Waals surface area contributed by atoms with Gasteiger partial charge in [-0.3, -0.25) is 0 Å². The van der Waals surface area contributed by atoms with Crippen LogP contribution in [0.3, 0.4) is 0 Å². The van der Waals surface area contributed by atoms with Gasteiger partial charge in [0.05, 0.1) is 11.6 Å². The van der Waals surface area contributed by atoms with Crippen LogP contribution in [-0.4, -0.2) is 32.5 Å². The topological polar surface area (TPSA) is 39.7 Å². The maximum absolute atomic E-state index is 5.67. The molecule has 0 saturated carbocycles. The third-order valence-electron chi connectivity index (χ3n) is 3.72. The summed E-state index contributed by atoms with van der Waals surface area (Å²) in [4.78, 5) is 0. The van der Waals surface area contributed by atoms with Gasteiger partial charge in [-0.25, -0.2) is 0 Å². The van der Waals surface area contributed by atoms with Gasteiger partial charge in [0.1, 0.15) is 13.2 Å². The van der Waals surface area contributed by atoms with E-state index in [0.29, 0.717) is 13.2 Å². The fourth-order valence-corrected chi connectivity index (χ4v) is 2.41. The molecule has 1 heterocycles. The van der Waals surface area contributed by atoms with Gasteiger partial charge in [0.2, 0.25) is 0 Å². The van der Waals surface area contributed by atoms with Gasteiger partial charge in [-0.2, -0.15) is 0 Å². The minimum absolute atomic E-state index is 0.114. The summed E-state index contributed by atoms with van der Waals surface area (Å²) < 4.78 is 16.9. The lowest BCUT2D eigenvalue weighted by molar-refractivity contribution is -0.0111. The minimum Gasteiger partial charge on any atom is -0.486 e. The Kier molecular flexibility index (Phi) is 4.89. The van der Waals surface area contributed by atoms with E-state index in [2.05, 4.69) is 38.2 Å². The van der Waals surface area contributed by atoms with E-state index in [1.54, 1.807) is 7.11 Å². The van der Waals surface area contributed by atoms with Crippen LogP contribution in [0.2, 0.25) is 0 Å². The van der Waals surface area contributed by atoms with E-state index in [-0.39, 0.29) is 11.6 Å². The third-order valence-corrected chi connectivity index (χ3v) is 3.72. The first-order chi connectivity index (χ1) is 9.58. The summed E-state index contributed by atoms with van der Waals surface area (Å²) in [5.41, 5.74) is 0.869. The van der Waals surface area contributed by atoms with Gasteiger partial charge < -0.3 is 19.5 Å². The normalized spacial score (nSPS) is 16.0. The zero-order valence-corrected chi connectivity index (χ0v) is 12.9. The van der Waals surface area contributed by atoms with Crippen molar-refractivity contribution in [1.82, 2.24) is 5.32 Å². The van der Waals surface area contributed by atoms with Gasteiger partial charge in [0, 0.05) is 7.11 Å². The van der Waals surface area contributed by atoms with Crippen LogP contribution in [0.5, 0.6) is 11.5 Å². The van der Waals surface area contributed by atoms with E-state index < -0.39 is 0 Å². The molecule has 0 aromatic heterocycles. The second-order valence-corrected chi connectivity index (χ2v) is 5.60. The predicted molar refractivity (Wildman–Crippen MR) is 79.6 cm³/mol. The summed E-state index contributed by atoms with van der Waals surface area (Å²) in [6.45, 7) is 8.53. The Bertz CT molecular complexity index is 445. The second-order valence-electron chi connectivity index (χ2n) is 5.60. The summed E-state index contributed by atoms with van der Waals surface area (Å²) in [6.07, 6.45) is 1.08. The molecule has 1 aliphatic rings. The molecule has 4 nitrogen and oxygen atoms in total. The van der Waals surface area contributed by atoms with Crippen molar-refractivity contribution in [2.24, 2.45) is 0 Å². The van der Waals surface area contributed by atoms with E-state index in [9.17, 15) is 0 Å². The largest absolute Gasteiger partial charge is 0.486 e. The smallest absolute Gasteiger partial charge is 0.161 e. The summed E-state index contributed by atoms with van der Waals surface area (Å²) in [6, 6.07) is 6.24. The van der Waals surface area contributed by atoms with E-state index in [4.69, 9.17) is 14.2 Å². The zero-order chi connectivity index (χ0) is 14.6. The molecule has 2 rings (SSSR count). The van der Waals surface area contributed by atoms with Crippen LogP contribution in [0.1, 0.15) is 38.8 Å². The number of fused-ring (bicyclic) bond motifs is 1. The van der Waals surface area contributed by atoms with Crippen molar-refractivity contribution < 1.29 is 14.2 Å². The highest BCUT2D eigenvalue weighted by Crippen LogP contribution is 2.36. The highest BCUT2D eigenvalue weighted by atomic mass is 16.6. The van der Waals surface area contributed by atoms with Crippen molar-refractivity contribution in [3.63, 3.8) is 0 Å². The van der Waals surface area contributed by atoms with Crippen molar-refractivity contribution in [2.45, 2.75) is 38.8 Å². The van der Waals surface area contributed by atoms with E-state index >= 15 is 0 Å². The van der Waals surface area contributed by atoms with Gasteiger partial charge >= 0.3 is 0 Å². The summed E-state index contributed by atoms with van der Waals surface area (Å²) in [5, 5.41) is 3.56. The van der Waals surface area contributed by atoms with Crippen LogP contribution in [0.4, 0.5) is 0 Å². The summed E-state index contributed by atoms with van der Waals surface area (Å²) >= 11 is 0. The first-order valence-electron chi connectivity index (χ1n) is 7.26. The summed E-state index contributed by atoms with van der Waals surface area (Å²) in [5.74, 6) is 1.65. The van der Waals surface area contributed by atoms with Crippen LogP contribution in [0, 0.1) is 0 Å². The predicted octanol–water partition coefficient (Wildman–Crippen LogP) is 2.92. The maximum Gasteiger partial charge on any atom is 0.161 e. The molecule has 1 aromatic rings. The van der Waals surface area contributed by atoms with Gasteiger partial charge in [-0.05, 0) is 44.5 Å². The van der Waals surface area contributed by atoms with E-state index in [1.165, 1.54) is 0 Å². The molecule has 1 aliphatic heterocycles. The standard InChI is InChI=1S/C16H25NO3/c1-5-8-17-15(16(2,3)18-4)12-6-7-13-14(11-12)20-10-9-19-13/h6-7,11,15,17H,5,8-10H2,1-4H3. The Morgan fingerprint density at radius 2 is 1.95 bits per heavy atom. The van der Waals surface area contributed by atoms with Crippen LogP contribution in [0.25, 0.3) is 0 Å². The molecule has 1 unspecified atom stereocenters. The molecule has 0 amide bonds. The van der Waals surface area contributed by atoms with Gasteiger partial charge in [-0.15, -0.1) is 0 Å². The Hall–Kier alpha value is -1.26. The Morgan fingerprint density at radius 1 is 1.25 bits per heavy atom. The number of benzene rings is 1. The highest BCUT2D eigenvalue weighted by Gasteiger charge is 2.31. The highest BCUT2D eigenvalue weighted by molar-refractivity contribution is 5.45. The SMILES string of the molecule is CCCNC(c1ccc2c(c1)OCCO2)C(C)(C)OC. The van der Waals surface area contributed by atoms with Gasteiger partial charge in [-0.1, -0.05) is 13.0 Å². The quantitative estimate of drug-likeness (QED) is 0.869. The third kappa shape index (κ3) is 3.25. The monoisotopic (exact) mass is 279 g/mol.